The van der Waals surface area contributed by atoms with Crippen molar-refractivity contribution >= 4 is 33.8 Å². The standard InChI is InChI=1S/C30H27NO2/c1-20-18-19-25-27-23(20)16-11-17-24(27)26(21-12-7-5-8-13-21)28(22-14-9-6-10-15-22)31(25)29(32)33-30(2,3)4/h5-19H,1-4H3. The average molecular weight is 434 g/mol. The third-order valence-corrected chi connectivity index (χ3v) is 5.89. The molecule has 0 spiro atoms. The molecule has 0 aromatic heterocycles. The summed E-state index contributed by atoms with van der Waals surface area (Å²) in [6.45, 7) is 7.81. The van der Waals surface area contributed by atoms with Crippen molar-refractivity contribution in [2.24, 2.45) is 0 Å². The van der Waals surface area contributed by atoms with E-state index in [4.69, 9.17) is 4.74 Å². The number of anilines is 1. The number of carbonyl (C=O) groups excluding carboxylic acids is 1. The van der Waals surface area contributed by atoms with Crippen LogP contribution >= 0.6 is 0 Å². The second-order valence-corrected chi connectivity index (χ2v) is 9.40. The Morgan fingerprint density at radius 2 is 1.39 bits per heavy atom. The average Bonchev–Trinajstić information content (AvgIpc) is 2.80. The Kier molecular flexibility index (Phi) is 5.05. The van der Waals surface area contributed by atoms with Gasteiger partial charge in [-0.1, -0.05) is 84.9 Å². The smallest absolute Gasteiger partial charge is 0.419 e. The monoisotopic (exact) mass is 433 g/mol. The first-order valence-corrected chi connectivity index (χ1v) is 11.3. The number of nitrogens with zero attached hydrogens (tertiary/aromatic N) is 1. The molecular weight excluding hydrogens is 406 g/mol. The topological polar surface area (TPSA) is 29.5 Å². The largest absolute Gasteiger partial charge is 0.443 e. The van der Waals surface area contributed by atoms with Crippen LogP contribution < -0.4 is 4.90 Å². The summed E-state index contributed by atoms with van der Waals surface area (Å²) in [6.07, 6.45) is -0.380. The van der Waals surface area contributed by atoms with Gasteiger partial charge in [0.2, 0.25) is 0 Å². The van der Waals surface area contributed by atoms with E-state index in [2.05, 4.69) is 55.5 Å². The normalized spacial score (nSPS) is 13.4. The molecule has 0 atom stereocenters. The molecule has 0 saturated carbocycles. The fraction of sp³-hybridized carbons (Fsp3) is 0.167. The first-order valence-electron chi connectivity index (χ1n) is 11.3. The van der Waals surface area contributed by atoms with Crippen molar-refractivity contribution in [3.05, 3.63) is 113 Å². The molecule has 4 aromatic rings. The molecule has 0 fully saturated rings. The van der Waals surface area contributed by atoms with Crippen LogP contribution in [0.2, 0.25) is 0 Å². The lowest BCUT2D eigenvalue weighted by molar-refractivity contribution is 0.0600. The van der Waals surface area contributed by atoms with Crippen LogP contribution in [0.4, 0.5) is 10.5 Å². The van der Waals surface area contributed by atoms with Gasteiger partial charge in [-0.05, 0) is 61.4 Å². The molecule has 0 N–H and O–H groups in total. The highest BCUT2D eigenvalue weighted by Crippen LogP contribution is 2.48. The number of aryl methyl sites for hydroxylation is 1. The maximum Gasteiger partial charge on any atom is 0.419 e. The number of amides is 1. The molecule has 0 radical (unpaired) electrons. The van der Waals surface area contributed by atoms with Crippen molar-refractivity contribution in [3.63, 3.8) is 0 Å². The van der Waals surface area contributed by atoms with Crippen LogP contribution in [0.1, 0.15) is 43.0 Å². The quantitative estimate of drug-likeness (QED) is 0.322. The molecule has 0 unspecified atom stereocenters. The van der Waals surface area contributed by atoms with Crippen LogP contribution in [0, 0.1) is 6.92 Å². The van der Waals surface area contributed by atoms with Gasteiger partial charge in [0, 0.05) is 11.0 Å². The first-order chi connectivity index (χ1) is 15.8. The zero-order valence-corrected chi connectivity index (χ0v) is 19.4. The Balaban J connectivity index is 1.93. The second-order valence-electron chi connectivity index (χ2n) is 9.40. The van der Waals surface area contributed by atoms with Crippen LogP contribution in [0.5, 0.6) is 0 Å². The van der Waals surface area contributed by atoms with Gasteiger partial charge in [0.15, 0.2) is 0 Å². The van der Waals surface area contributed by atoms with Crippen LogP contribution in [-0.2, 0) is 4.74 Å². The minimum Gasteiger partial charge on any atom is -0.443 e. The molecule has 3 heteroatoms. The minimum atomic E-state index is -0.618. The van der Waals surface area contributed by atoms with Gasteiger partial charge in [-0.15, -0.1) is 0 Å². The van der Waals surface area contributed by atoms with Gasteiger partial charge < -0.3 is 4.74 Å². The fourth-order valence-corrected chi connectivity index (χ4v) is 4.55. The molecule has 0 saturated heterocycles. The maximum absolute atomic E-state index is 13.8. The molecule has 0 aliphatic carbocycles. The zero-order chi connectivity index (χ0) is 23.2. The van der Waals surface area contributed by atoms with Crippen molar-refractivity contribution in [2.45, 2.75) is 33.3 Å². The molecule has 1 aliphatic rings. The van der Waals surface area contributed by atoms with Crippen molar-refractivity contribution in [1.29, 1.82) is 0 Å². The van der Waals surface area contributed by atoms with Gasteiger partial charge in [0.25, 0.3) is 0 Å². The van der Waals surface area contributed by atoms with Crippen LogP contribution in [0.25, 0.3) is 22.0 Å². The Morgan fingerprint density at radius 1 is 0.758 bits per heavy atom. The van der Waals surface area contributed by atoms with Gasteiger partial charge in [0.05, 0.1) is 11.4 Å². The van der Waals surface area contributed by atoms with E-state index in [0.717, 1.165) is 44.4 Å². The Bertz CT molecular complexity index is 1380. The summed E-state index contributed by atoms with van der Waals surface area (Å²) in [4.78, 5) is 15.5. The summed E-state index contributed by atoms with van der Waals surface area (Å²) >= 11 is 0. The minimum absolute atomic E-state index is 0.380. The molecule has 5 rings (SSSR count). The van der Waals surface area contributed by atoms with Crippen LogP contribution in [0.3, 0.4) is 0 Å². The number of carbonyl (C=O) groups is 1. The third kappa shape index (κ3) is 3.70. The van der Waals surface area contributed by atoms with Gasteiger partial charge in [-0.25, -0.2) is 9.69 Å². The summed E-state index contributed by atoms with van der Waals surface area (Å²) in [5.41, 5.74) is 6.41. The second kappa shape index (κ2) is 7.93. The molecule has 1 amide bonds. The van der Waals surface area contributed by atoms with E-state index < -0.39 is 5.60 Å². The Labute approximate surface area is 194 Å². The molecule has 3 nitrogen and oxygen atoms in total. The summed E-state index contributed by atoms with van der Waals surface area (Å²) in [5, 5.41) is 2.21. The van der Waals surface area contributed by atoms with E-state index in [1.165, 1.54) is 5.56 Å². The highest BCUT2D eigenvalue weighted by atomic mass is 16.6. The van der Waals surface area contributed by atoms with E-state index in [1.807, 2.05) is 63.2 Å². The lowest BCUT2D eigenvalue weighted by atomic mass is 9.84. The molecule has 33 heavy (non-hydrogen) atoms. The van der Waals surface area contributed by atoms with Gasteiger partial charge in [-0.3, -0.25) is 0 Å². The molecule has 1 heterocycles. The summed E-state index contributed by atoms with van der Waals surface area (Å²) in [7, 11) is 0. The van der Waals surface area contributed by atoms with Crippen molar-refractivity contribution in [1.82, 2.24) is 0 Å². The highest BCUT2D eigenvalue weighted by Gasteiger charge is 2.35. The molecule has 0 bridgehead atoms. The summed E-state index contributed by atoms with van der Waals surface area (Å²) < 4.78 is 5.94. The number of ether oxygens (including phenoxy) is 1. The van der Waals surface area contributed by atoms with E-state index in [-0.39, 0.29) is 6.09 Å². The predicted molar refractivity (Wildman–Crippen MR) is 136 cm³/mol. The lowest BCUT2D eigenvalue weighted by Crippen LogP contribution is -2.37. The van der Waals surface area contributed by atoms with Gasteiger partial charge >= 0.3 is 6.09 Å². The molecular formula is C30H27NO2. The zero-order valence-electron chi connectivity index (χ0n) is 19.4. The lowest BCUT2D eigenvalue weighted by Gasteiger charge is -2.36. The van der Waals surface area contributed by atoms with E-state index in [9.17, 15) is 4.79 Å². The number of hydrogen-bond acceptors (Lipinski definition) is 2. The Hall–Kier alpha value is -3.85. The Morgan fingerprint density at radius 3 is 2.03 bits per heavy atom. The molecule has 1 aliphatic heterocycles. The van der Waals surface area contributed by atoms with Crippen LogP contribution in [0.15, 0.2) is 91.0 Å². The molecule has 4 aromatic carbocycles. The maximum atomic E-state index is 13.8. The number of rotatable bonds is 2. The predicted octanol–water partition coefficient (Wildman–Crippen LogP) is 7.82. The van der Waals surface area contributed by atoms with Gasteiger partial charge in [-0.2, -0.15) is 0 Å². The van der Waals surface area contributed by atoms with Crippen LogP contribution in [-0.4, -0.2) is 11.7 Å². The fourth-order valence-electron chi connectivity index (χ4n) is 4.55. The highest BCUT2D eigenvalue weighted by molar-refractivity contribution is 6.24. The van der Waals surface area contributed by atoms with Gasteiger partial charge in [0.1, 0.15) is 5.60 Å². The van der Waals surface area contributed by atoms with E-state index in [0.29, 0.717) is 0 Å². The third-order valence-electron chi connectivity index (χ3n) is 5.89. The first kappa shape index (κ1) is 21.0. The van der Waals surface area contributed by atoms with E-state index >= 15 is 0 Å². The summed E-state index contributed by atoms with van der Waals surface area (Å²) in [5.74, 6) is 0. The summed E-state index contributed by atoms with van der Waals surface area (Å²) in [6, 6.07) is 30.9. The number of hydrogen-bond donors (Lipinski definition) is 0. The van der Waals surface area contributed by atoms with Crippen molar-refractivity contribution in [2.75, 3.05) is 4.90 Å². The van der Waals surface area contributed by atoms with Crippen molar-refractivity contribution in [3.8, 4) is 0 Å². The van der Waals surface area contributed by atoms with E-state index in [1.54, 1.807) is 4.90 Å². The SMILES string of the molecule is Cc1ccc2c3c(cccc13)C(c1ccccc1)=C(c1ccccc1)N2C(=O)OC(C)(C)C. The van der Waals surface area contributed by atoms with Crippen molar-refractivity contribution < 1.29 is 9.53 Å². The molecule has 164 valence electrons. The number of benzene rings is 4.